The molecule has 0 aliphatic carbocycles. The molecule has 268 valence electrons. The molecule has 3 heterocycles. The number of hydrogen-bond acceptors (Lipinski definition) is 12. The van der Waals surface area contributed by atoms with Crippen LogP contribution >= 0.6 is 11.8 Å². The summed E-state index contributed by atoms with van der Waals surface area (Å²) < 4.78 is 7.95. The van der Waals surface area contributed by atoms with Crippen molar-refractivity contribution < 1.29 is 29.3 Å². The van der Waals surface area contributed by atoms with E-state index in [9.17, 15) is 19.5 Å². The van der Waals surface area contributed by atoms with E-state index >= 15 is 0 Å². The topological polar surface area (TPSA) is 214 Å². The first kappa shape index (κ1) is 37.7. The van der Waals surface area contributed by atoms with Crippen LogP contribution in [0.2, 0.25) is 0 Å². The zero-order chi connectivity index (χ0) is 35.3. The Balaban J connectivity index is 1.25. The van der Waals surface area contributed by atoms with Crippen molar-refractivity contribution in [3.63, 3.8) is 0 Å². The number of piperazine rings is 1. The number of benzene rings is 1. The molecule has 8 N–H and O–H groups in total. The van der Waals surface area contributed by atoms with Crippen LogP contribution < -0.4 is 26.8 Å². The Morgan fingerprint density at radius 2 is 1.78 bits per heavy atom. The smallest absolute Gasteiger partial charge is 0.321 e. The molecule has 1 aliphatic rings. The van der Waals surface area contributed by atoms with E-state index in [4.69, 9.17) is 21.3 Å². The number of methoxy groups -OCH3 is 1. The lowest BCUT2D eigenvalue weighted by molar-refractivity contribution is -0.139. The second-order valence-corrected chi connectivity index (χ2v) is 13.4. The number of nitrogens with zero attached hydrogens (tertiary/aromatic N) is 5. The van der Waals surface area contributed by atoms with Gasteiger partial charge in [-0.1, -0.05) is 31.9 Å². The number of hydrogen-bond donors (Lipinski definition) is 6. The normalized spacial score (nSPS) is 15.2. The quantitative estimate of drug-likeness (QED) is 0.0930. The van der Waals surface area contributed by atoms with Gasteiger partial charge in [0.1, 0.15) is 22.6 Å². The van der Waals surface area contributed by atoms with Gasteiger partial charge in [-0.15, -0.1) is 11.8 Å². The highest BCUT2D eigenvalue weighted by Gasteiger charge is 2.25. The van der Waals surface area contributed by atoms with Crippen LogP contribution in [0.4, 0.5) is 11.8 Å². The highest BCUT2D eigenvalue weighted by molar-refractivity contribution is 8.00. The number of carbonyl (C=O) groups is 3. The van der Waals surface area contributed by atoms with Gasteiger partial charge in [0, 0.05) is 76.3 Å². The number of unbranched alkanes of at least 4 members (excludes halogenated alkanes) is 2. The van der Waals surface area contributed by atoms with Crippen molar-refractivity contribution >= 4 is 52.4 Å². The van der Waals surface area contributed by atoms with Gasteiger partial charge in [-0.25, -0.2) is 4.98 Å². The van der Waals surface area contributed by atoms with E-state index in [0.717, 1.165) is 104 Å². The molecular weight excluding hydrogens is 650 g/mol. The average Bonchev–Trinajstić information content (AvgIpc) is 3.48. The number of nitrogens with two attached hydrogens (primary N) is 2. The van der Waals surface area contributed by atoms with E-state index in [1.54, 1.807) is 7.11 Å². The Morgan fingerprint density at radius 3 is 2.47 bits per heavy atom. The van der Waals surface area contributed by atoms with Gasteiger partial charge in [0.05, 0.1) is 19.2 Å². The largest absolute Gasteiger partial charge is 0.496 e. The Hall–Kier alpha value is -4.12. The Morgan fingerprint density at radius 1 is 1.02 bits per heavy atom. The van der Waals surface area contributed by atoms with Crippen molar-refractivity contribution in [3.8, 4) is 5.75 Å². The summed E-state index contributed by atoms with van der Waals surface area (Å²) in [6, 6.07) is 7.12. The summed E-state index contributed by atoms with van der Waals surface area (Å²) in [5.74, 6) is -1.05. The highest BCUT2D eigenvalue weighted by atomic mass is 32.2. The van der Waals surface area contributed by atoms with Crippen molar-refractivity contribution in [1.82, 2.24) is 29.7 Å². The van der Waals surface area contributed by atoms with Gasteiger partial charge < -0.3 is 41.6 Å². The van der Waals surface area contributed by atoms with Gasteiger partial charge in [-0.3, -0.25) is 24.2 Å². The summed E-state index contributed by atoms with van der Waals surface area (Å²) in [7, 11) is 1.69. The maximum absolute atomic E-state index is 12.4. The SMILES string of the molecule is CCCCCNc1nc(N)nc2ccn(Cc3ccc(CN4CCN(CCNC(=O)CC(SC[C@H](N)C(=O)O)C(=O)O)CC4)cc3OC)c12. The molecule has 2 atom stereocenters. The summed E-state index contributed by atoms with van der Waals surface area (Å²) in [5.41, 5.74) is 15.4. The van der Waals surface area contributed by atoms with E-state index in [2.05, 4.69) is 60.1 Å². The number of nitrogens with one attached hydrogen (secondary N) is 2. The molecule has 0 bridgehead atoms. The molecule has 16 heteroatoms. The number of rotatable bonds is 20. The third kappa shape index (κ3) is 11.2. The van der Waals surface area contributed by atoms with E-state index in [1.165, 1.54) is 0 Å². The fourth-order valence-electron chi connectivity index (χ4n) is 5.69. The Kier molecular flexibility index (Phi) is 14.3. The van der Waals surface area contributed by atoms with E-state index in [0.29, 0.717) is 19.6 Å². The Labute approximate surface area is 290 Å². The van der Waals surface area contributed by atoms with Crippen molar-refractivity contribution in [2.45, 2.75) is 57.0 Å². The number of aliphatic carboxylic acids is 2. The predicted molar refractivity (Wildman–Crippen MR) is 191 cm³/mol. The third-order valence-corrected chi connectivity index (χ3v) is 9.78. The molecule has 0 spiro atoms. The molecule has 1 unspecified atom stereocenters. The standard InChI is InChI=1S/C33H49N9O6S/c1-3-4-5-9-37-30-29-25(38-33(35)39-30)8-11-42(29)20-23-7-6-22(17-26(23)48-2)19-41-15-13-40(14-16-41)12-10-36-28(43)18-27(32(46)47)49-21-24(34)31(44)45/h6-8,11,17,24,27H,3-5,9-10,12-16,18-21,34H2,1-2H3,(H,36,43)(H,44,45)(H,46,47)(H3,35,37,38,39)/t24-,27?/m0/s1. The van der Waals surface area contributed by atoms with Crippen LogP contribution in [0.25, 0.3) is 11.0 Å². The lowest BCUT2D eigenvalue weighted by atomic mass is 10.1. The first-order chi connectivity index (χ1) is 23.6. The number of nitrogen functional groups attached to an aromatic ring is 1. The number of carbonyl (C=O) groups excluding carboxylic acids is 1. The molecule has 49 heavy (non-hydrogen) atoms. The van der Waals surface area contributed by atoms with Crippen molar-refractivity contribution in [2.24, 2.45) is 5.73 Å². The second kappa shape index (κ2) is 18.6. The van der Waals surface area contributed by atoms with Crippen LogP contribution in [-0.4, -0.2) is 122 Å². The lowest BCUT2D eigenvalue weighted by Gasteiger charge is -2.34. The van der Waals surface area contributed by atoms with Crippen LogP contribution in [0.3, 0.4) is 0 Å². The van der Waals surface area contributed by atoms with Crippen molar-refractivity contribution in [3.05, 3.63) is 41.6 Å². The highest BCUT2D eigenvalue weighted by Crippen LogP contribution is 2.27. The molecule has 2 aromatic heterocycles. The first-order valence-electron chi connectivity index (χ1n) is 16.6. The molecule has 1 saturated heterocycles. The summed E-state index contributed by atoms with van der Waals surface area (Å²) >= 11 is 0.863. The molecule has 1 aromatic carbocycles. The number of fused-ring (bicyclic) bond motifs is 1. The number of carboxylic acids is 2. The maximum Gasteiger partial charge on any atom is 0.321 e. The van der Waals surface area contributed by atoms with E-state index < -0.39 is 23.2 Å². The van der Waals surface area contributed by atoms with Crippen LogP contribution in [0.15, 0.2) is 30.5 Å². The summed E-state index contributed by atoms with van der Waals surface area (Å²) in [5, 5.41) is 23.5. The minimum Gasteiger partial charge on any atom is -0.496 e. The number of carboxylic acid groups (broad SMARTS) is 2. The minimum absolute atomic E-state index is 0.0872. The summed E-state index contributed by atoms with van der Waals surface area (Å²) in [4.78, 5) is 48.3. The van der Waals surface area contributed by atoms with Gasteiger partial charge in [-0.05, 0) is 24.1 Å². The summed E-state index contributed by atoms with van der Waals surface area (Å²) in [6.07, 6.45) is 5.10. The lowest BCUT2D eigenvalue weighted by Crippen LogP contribution is -2.48. The molecule has 1 aliphatic heterocycles. The zero-order valence-corrected chi connectivity index (χ0v) is 29.1. The predicted octanol–water partition coefficient (Wildman–Crippen LogP) is 1.89. The van der Waals surface area contributed by atoms with Gasteiger partial charge >= 0.3 is 11.9 Å². The van der Waals surface area contributed by atoms with Crippen LogP contribution in [0, 0.1) is 0 Å². The monoisotopic (exact) mass is 699 g/mol. The number of anilines is 2. The average molecular weight is 700 g/mol. The maximum atomic E-state index is 12.4. The molecule has 0 saturated carbocycles. The van der Waals surface area contributed by atoms with Gasteiger partial charge in [-0.2, -0.15) is 4.98 Å². The molecule has 1 amide bonds. The van der Waals surface area contributed by atoms with E-state index in [1.807, 2.05) is 12.3 Å². The van der Waals surface area contributed by atoms with Crippen molar-refractivity contribution in [2.75, 3.05) is 69.7 Å². The van der Waals surface area contributed by atoms with Crippen LogP contribution in [0.1, 0.15) is 43.7 Å². The zero-order valence-electron chi connectivity index (χ0n) is 28.3. The van der Waals surface area contributed by atoms with Crippen LogP contribution in [0.5, 0.6) is 5.75 Å². The molecule has 3 aromatic rings. The first-order valence-corrected chi connectivity index (χ1v) is 17.7. The second-order valence-electron chi connectivity index (χ2n) is 12.2. The molecule has 4 rings (SSSR count). The number of amides is 1. The summed E-state index contributed by atoms with van der Waals surface area (Å²) in [6.45, 7) is 8.84. The molecule has 1 fully saturated rings. The van der Waals surface area contributed by atoms with Gasteiger partial charge in [0.25, 0.3) is 0 Å². The fraction of sp³-hybridized carbons (Fsp3) is 0.545. The number of ether oxygens (including phenoxy) is 1. The molecule has 0 radical (unpaired) electrons. The van der Waals surface area contributed by atoms with E-state index in [-0.39, 0.29) is 24.0 Å². The molecule has 15 nitrogen and oxygen atoms in total. The molecular formula is C33H49N9O6S. The number of thioether (sulfide) groups is 1. The fourth-order valence-corrected chi connectivity index (χ4v) is 6.69. The van der Waals surface area contributed by atoms with Crippen LogP contribution in [-0.2, 0) is 27.5 Å². The van der Waals surface area contributed by atoms with Gasteiger partial charge in [0.2, 0.25) is 11.9 Å². The van der Waals surface area contributed by atoms with Gasteiger partial charge in [0.15, 0.2) is 5.82 Å². The minimum atomic E-state index is -1.21. The number of aromatic nitrogens is 3. The third-order valence-electron chi connectivity index (χ3n) is 8.45. The van der Waals surface area contributed by atoms with Crippen molar-refractivity contribution in [1.29, 1.82) is 0 Å². The Bertz CT molecular complexity index is 1560.